The number of rotatable bonds is 6. The summed E-state index contributed by atoms with van der Waals surface area (Å²) >= 11 is 3.35. The van der Waals surface area contributed by atoms with Gasteiger partial charge in [-0.1, -0.05) is 54.0 Å². The molecule has 2 aromatic carbocycles. The molecule has 0 spiro atoms. The minimum Gasteiger partial charge on any atom is -0.340 e. The summed E-state index contributed by atoms with van der Waals surface area (Å²) in [5, 5.41) is 6.47. The Kier molecular flexibility index (Phi) is 7.03. The molecule has 0 saturated carbocycles. The fourth-order valence-electron chi connectivity index (χ4n) is 2.23. The second-order valence-corrected chi connectivity index (χ2v) is 6.88. The van der Waals surface area contributed by atoms with Gasteiger partial charge in [0.05, 0.1) is 11.8 Å². The summed E-state index contributed by atoms with van der Waals surface area (Å²) in [4.78, 5) is 24.6. The standard InChI is InChI=1S/C19H19BrFN3O2/c1-12(2)17(23-18(25)15-8-3-4-9-16(15)21)19(26)24-22-11-13-6-5-7-14(20)10-13/h3-12,17H,1-2H3,(H,23,25)(H,24,26)/b22-11+. The van der Waals surface area contributed by atoms with Crippen LogP contribution in [0.2, 0.25) is 0 Å². The molecule has 0 heterocycles. The number of hydrogen-bond acceptors (Lipinski definition) is 3. The Hall–Kier alpha value is -2.54. The van der Waals surface area contributed by atoms with Crippen molar-refractivity contribution in [2.75, 3.05) is 0 Å². The van der Waals surface area contributed by atoms with Crippen LogP contribution in [0.15, 0.2) is 58.1 Å². The number of amides is 2. The molecule has 2 amide bonds. The molecule has 0 fully saturated rings. The molecule has 136 valence electrons. The third-order valence-corrected chi connectivity index (χ3v) is 4.08. The van der Waals surface area contributed by atoms with Crippen LogP contribution in [0.25, 0.3) is 0 Å². The molecule has 7 heteroatoms. The molecular weight excluding hydrogens is 401 g/mol. The Balaban J connectivity index is 2.03. The highest BCUT2D eigenvalue weighted by Crippen LogP contribution is 2.10. The number of halogens is 2. The second kappa shape index (κ2) is 9.24. The van der Waals surface area contributed by atoms with Crippen molar-refractivity contribution in [2.45, 2.75) is 19.9 Å². The van der Waals surface area contributed by atoms with Crippen LogP contribution < -0.4 is 10.7 Å². The molecule has 2 N–H and O–H groups in total. The van der Waals surface area contributed by atoms with E-state index in [2.05, 4.69) is 31.8 Å². The van der Waals surface area contributed by atoms with E-state index in [1.54, 1.807) is 19.9 Å². The quantitative estimate of drug-likeness (QED) is 0.555. The van der Waals surface area contributed by atoms with Gasteiger partial charge in [0.1, 0.15) is 11.9 Å². The first-order chi connectivity index (χ1) is 12.4. The van der Waals surface area contributed by atoms with Gasteiger partial charge >= 0.3 is 0 Å². The smallest absolute Gasteiger partial charge is 0.262 e. The van der Waals surface area contributed by atoms with E-state index in [-0.39, 0.29) is 11.5 Å². The molecule has 0 aliphatic rings. The van der Waals surface area contributed by atoms with Crippen molar-refractivity contribution >= 4 is 34.0 Å². The Morgan fingerprint density at radius 1 is 1.15 bits per heavy atom. The number of hydrazone groups is 1. The fourth-order valence-corrected chi connectivity index (χ4v) is 2.64. The summed E-state index contributed by atoms with van der Waals surface area (Å²) in [5.74, 6) is -1.96. The van der Waals surface area contributed by atoms with Crippen molar-refractivity contribution in [1.82, 2.24) is 10.7 Å². The van der Waals surface area contributed by atoms with E-state index in [1.165, 1.54) is 24.4 Å². The van der Waals surface area contributed by atoms with Gasteiger partial charge in [-0.05, 0) is 35.7 Å². The summed E-state index contributed by atoms with van der Waals surface area (Å²) in [6.45, 7) is 3.56. The maximum atomic E-state index is 13.7. The van der Waals surface area contributed by atoms with Gasteiger partial charge in [-0.2, -0.15) is 5.10 Å². The molecule has 0 radical (unpaired) electrons. The Bertz CT molecular complexity index is 824. The molecule has 0 saturated heterocycles. The zero-order valence-electron chi connectivity index (χ0n) is 14.4. The molecule has 0 aliphatic heterocycles. The molecule has 0 aromatic heterocycles. The molecule has 1 atom stereocenters. The van der Waals surface area contributed by atoms with Gasteiger partial charge < -0.3 is 5.32 Å². The largest absolute Gasteiger partial charge is 0.340 e. The van der Waals surface area contributed by atoms with Crippen molar-refractivity contribution in [3.63, 3.8) is 0 Å². The van der Waals surface area contributed by atoms with Gasteiger partial charge in [-0.25, -0.2) is 9.82 Å². The van der Waals surface area contributed by atoms with E-state index in [0.29, 0.717) is 0 Å². The predicted octanol–water partition coefficient (Wildman–Crippen LogP) is 3.49. The van der Waals surface area contributed by atoms with Crippen LogP contribution >= 0.6 is 15.9 Å². The van der Waals surface area contributed by atoms with Crippen molar-refractivity contribution in [1.29, 1.82) is 0 Å². The molecule has 26 heavy (non-hydrogen) atoms. The number of nitrogens with one attached hydrogen (secondary N) is 2. The van der Waals surface area contributed by atoms with Gasteiger partial charge in [0.15, 0.2) is 0 Å². The maximum Gasteiger partial charge on any atom is 0.262 e. The third-order valence-electron chi connectivity index (χ3n) is 3.59. The Labute approximate surface area is 159 Å². The Morgan fingerprint density at radius 2 is 1.88 bits per heavy atom. The van der Waals surface area contributed by atoms with Crippen LogP contribution in [-0.4, -0.2) is 24.1 Å². The van der Waals surface area contributed by atoms with Gasteiger partial charge in [0.2, 0.25) is 0 Å². The van der Waals surface area contributed by atoms with Crippen molar-refractivity contribution in [3.05, 3.63) is 69.9 Å². The number of hydrogen-bond donors (Lipinski definition) is 2. The lowest BCUT2D eigenvalue weighted by molar-refractivity contribution is -0.123. The minimum atomic E-state index is -0.846. The van der Waals surface area contributed by atoms with Crippen LogP contribution in [0, 0.1) is 11.7 Å². The van der Waals surface area contributed by atoms with Gasteiger partial charge in [-0.3, -0.25) is 9.59 Å². The fraction of sp³-hybridized carbons (Fsp3) is 0.211. The van der Waals surface area contributed by atoms with Crippen LogP contribution in [0.4, 0.5) is 4.39 Å². The molecule has 5 nitrogen and oxygen atoms in total. The average Bonchev–Trinajstić information content (AvgIpc) is 2.59. The lowest BCUT2D eigenvalue weighted by Crippen LogP contribution is -2.48. The summed E-state index contributed by atoms with van der Waals surface area (Å²) < 4.78 is 14.6. The zero-order chi connectivity index (χ0) is 19.1. The van der Waals surface area contributed by atoms with Gasteiger partial charge in [-0.15, -0.1) is 0 Å². The number of carbonyl (C=O) groups excluding carboxylic acids is 2. The minimum absolute atomic E-state index is 0.108. The molecule has 0 bridgehead atoms. The van der Waals surface area contributed by atoms with Crippen molar-refractivity contribution in [2.24, 2.45) is 11.0 Å². The first-order valence-corrected chi connectivity index (χ1v) is 8.81. The highest BCUT2D eigenvalue weighted by molar-refractivity contribution is 9.10. The van der Waals surface area contributed by atoms with Crippen molar-refractivity contribution < 1.29 is 14.0 Å². The summed E-state index contributed by atoms with van der Waals surface area (Å²) in [6, 6.07) is 12.2. The first-order valence-electron chi connectivity index (χ1n) is 8.02. The molecule has 2 rings (SSSR count). The molecule has 2 aromatic rings. The summed E-state index contributed by atoms with van der Waals surface area (Å²) in [5.41, 5.74) is 3.10. The third kappa shape index (κ3) is 5.49. The Morgan fingerprint density at radius 3 is 2.54 bits per heavy atom. The lowest BCUT2D eigenvalue weighted by Gasteiger charge is -2.20. The number of nitrogens with zero attached hydrogens (tertiary/aromatic N) is 1. The second-order valence-electron chi connectivity index (χ2n) is 5.96. The SMILES string of the molecule is CC(C)C(NC(=O)c1ccccc1F)C(=O)N/N=C/c1cccc(Br)c1. The number of carbonyl (C=O) groups is 2. The zero-order valence-corrected chi connectivity index (χ0v) is 16.0. The normalized spacial score (nSPS) is 12.2. The maximum absolute atomic E-state index is 13.7. The van der Waals surface area contributed by atoms with E-state index >= 15 is 0 Å². The highest BCUT2D eigenvalue weighted by Gasteiger charge is 2.25. The lowest BCUT2D eigenvalue weighted by atomic mass is 10.0. The van der Waals surface area contributed by atoms with E-state index in [1.807, 2.05) is 24.3 Å². The van der Waals surface area contributed by atoms with Crippen LogP contribution in [0.5, 0.6) is 0 Å². The monoisotopic (exact) mass is 419 g/mol. The van der Waals surface area contributed by atoms with Gasteiger partial charge in [0, 0.05) is 4.47 Å². The van der Waals surface area contributed by atoms with Crippen molar-refractivity contribution in [3.8, 4) is 0 Å². The molecule has 0 aliphatic carbocycles. The summed E-state index contributed by atoms with van der Waals surface area (Å²) in [7, 11) is 0. The average molecular weight is 420 g/mol. The first kappa shape index (κ1) is 19.8. The van der Waals surface area contributed by atoms with E-state index in [0.717, 1.165) is 10.0 Å². The van der Waals surface area contributed by atoms with E-state index < -0.39 is 23.7 Å². The van der Waals surface area contributed by atoms with Crippen LogP contribution in [0.1, 0.15) is 29.8 Å². The summed E-state index contributed by atoms with van der Waals surface area (Å²) in [6.07, 6.45) is 1.50. The van der Waals surface area contributed by atoms with Crippen LogP contribution in [0.3, 0.4) is 0 Å². The van der Waals surface area contributed by atoms with E-state index in [4.69, 9.17) is 0 Å². The molecular formula is C19H19BrFN3O2. The predicted molar refractivity (Wildman–Crippen MR) is 102 cm³/mol. The highest BCUT2D eigenvalue weighted by atomic mass is 79.9. The topological polar surface area (TPSA) is 70.6 Å². The van der Waals surface area contributed by atoms with Gasteiger partial charge in [0.25, 0.3) is 11.8 Å². The van der Waals surface area contributed by atoms with E-state index in [9.17, 15) is 14.0 Å². The molecule has 1 unspecified atom stereocenters. The number of benzene rings is 2. The van der Waals surface area contributed by atoms with Crippen LogP contribution in [-0.2, 0) is 4.79 Å².